The summed E-state index contributed by atoms with van der Waals surface area (Å²) in [6.45, 7) is 5.77. The maximum Gasteiger partial charge on any atom is 0.151 e. The van der Waals surface area contributed by atoms with Gasteiger partial charge in [-0.05, 0) is 26.0 Å². The molecule has 0 N–H and O–H groups in total. The number of alkyl halides is 1. The fourth-order valence-electron chi connectivity index (χ4n) is 2.56. The van der Waals surface area contributed by atoms with Gasteiger partial charge in [-0.25, -0.2) is 9.97 Å². The molecular weight excluding hydrogens is 318 g/mol. The number of benzene rings is 1. The van der Waals surface area contributed by atoms with Crippen LogP contribution >= 0.6 is 15.9 Å². The van der Waals surface area contributed by atoms with E-state index < -0.39 is 0 Å². The number of para-hydroxylation sites is 2. The lowest BCUT2D eigenvalue weighted by Gasteiger charge is -2.38. The van der Waals surface area contributed by atoms with Gasteiger partial charge in [-0.15, -0.1) is 0 Å². The summed E-state index contributed by atoms with van der Waals surface area (Å²) in [6.07, 6.45) is 0.207. The fourth-order valence-corrected chi connectivity index (χ4v) is 2.95. The molecule has 0 bridgehead atoms. The average molecular weight is 336 g/mol. The van der Waals surface area contributed by atoms with E-state index in [0.717, 1.165) is 41.0 Å². The lowest BCUT2D eigenvalue weighted by Crippen LogP contribution is -2.49. The Bertz CT molecular complexity index is 619. The predicted octanol–water partition coefficient (Wildman–Crippen LogP) is 2.93. The number of aromatic nitrogens is 2. The van der Waals surface area contributed by atoms with Crippen molar-refractivity contribution in [1.29, 1.82) is 0 Å². The van der Waals surface area contributed by atoms with Crippen LogP contribution in [0.3, 0.4) is 0 Å². The van der Waals surface area contributed by atoms with E-state index in [2.05, 4.69) is 32.7 Å². The van der Waals surface area contributed by atoms with Crippen molar-refractivity contribution in [3.63, 3.8) is 0 Å². The zero-order valence-corrected chi connectivity index (χ0v) is 13.3. The lowest BCUT2D eigenvalue weighted by atomic mass is 10.2. The van der Waals surface area contributed by atoms with E-state index in [1.807, 2.05) is 31.2 Å². The van der Waals surface area contributed by atoms with Crippen molar-refractivity contribution in [3.8, 4) is 0 Å². The molecule has 4 nitrogen and oxygen atoms in total. The second-order valence-corrected chi connectivity index (χ2v) is 5.88. The van der Waals surface area contributed by atoms with Gasteiger partial charge in [0.2, 0.25) is 0 Å². The molecule has 0 amide bonds. The molecule has 1 saturated heterocycles. The van der Waals surface area contributed by atoms with Gasteiger partial charge < -0.3 is 9.64 Å². The van der Waals surface area contributed by atoms with E-state index in [1.165, 1.54) is 0 Å². The first-order valence-electron chi connectivity index (χ1n) is 6.86. The van der Waals surface area contributed by atoms with Gasteiger partial charge >= 0.3 is 0 Å². The first-order valence-corrected chi connectivity index (χ1v) is 7.99. The maximum absolute atomic E-state index is 5.78. The van der Waals surface area contributed by atoms with Crippen LogP contribution in [0.25, 0.3) is 11.0 Å². The molecule has 0 spiro atoms. The quantitative estimate of drug-likeness (QED) is 0.791. The van der Waals surface area contributed by atoms with E-state index >= 15 is 0 Å². The SMILES string of the molecule is Cc1nc2ccccc2nc1N1CC(CBr)OCC1C. The highest BCUT2D eigenvalue weighted by Crippen LogP contribution is 2.25. The van der Waals surface area contributed by atoms with Gasteiger partial charge in [0.05, 0.1) is 35.5 Å². The first kappa shape index (κ1) is 13.8. The minimum absolute atomic E-state index is 0.207. The van der Waals surface area contributed by atoms with Gasteiger partial charge in [0.25, 0.3) is 0 Å². The summed E-state index contributed by atoms with van der Waals surface area (Å²) in [5.41, 5.74) is 2.87. The van der Waals surface area contributed by atoms with Crippen LogP contribution in [0.1, 0.15) is 12.6 Å². The van der Waals surface area contributed by atoms with E-state index in [-0.39, 0.29) is 6.10 Å². The molecule has 20 heavy (non-hydrogen) atoms. The van der Waals surface area contributed by atoms with Crippen LogP contribution in [-0.4, -0.2) is 40.6 Å². The molecule has 2 aromatic rings. The largest absolute Gasteiger partial charge is 0.373 e. The Morgan fingerprint density at radius 2 is 2.00 bits per heavy atom. The Hall–Kier alpha value is -1.20. The van der Waals surface area contributed by atoms with E-state index in [9.17, 15) is 0 Å². The summed E-state index contributed by atoms with van der Waals surface area (Å²) in [5, 5.41) is 0.844. The van der Waals surface area contributed by atoms with Crippen molar-refractivity contribution < 1.29 is 4.74 Å². The minimum atomic E-state index is 0.207. The van der Waals surface area contributed by atoms with Crippen LogP contribution in [0.5, 0.6) is 0 Å². The average Bonchev–Trinajstić information content (AvgIpc) is 2.47. The number of fused-ring (bicyclic) bond motifs is 1. The zero-order valence-electron chi connectivity index (χ0n) is 11.7. The summed E-state index contributed by atoms with van der Waals surface area (Å²) >= 11 is 3.50. The van der Waals surface area contributed by atoms with Crippen LogP contribution < -0.4 is 4.90 Å². The van der Waals surface area contributed by atoms with Gasteiger partial charge in [0.1, 0.15) is 0 Å². The summed E-state index contributed by atoms with van der Waals surface area (Å²) in [6, 6.07) is 8.33. The van der Waals surface area contributed by atoms with Crippen molar-refractivity contribution in [2.75, 3.05) is 23.4 Å². The summed E-state index contributed by atoms with van der Waals surface area (Å²) in [5.74, 6) is 0.977. The number of rotatable bonds is 2. The second-order valence-electron chi connectivity index (χ2n) is 5.23. The molecule has 0 aliphatic carbocycles. The molecule has 106 valence electrons. The number of nitrogens with zero attached hydrogens (tertiary/aromatic N) is 3. The topological polar surface area (TPSA) is 38.2 Å². The third-order valence-corrected chi connectivity index (χ3v) is 4.39. The molecular formula is C15H18BrN3O. The first-order chi connectivity index (χ1) is 9.69. The number of hydrogen-bond donors (Lipinski definition) is 0. The Kier molecular flexibility index (Phi) is 3.89. The molecule has 1 aromatic carbocycles. The highest BCUT2D eigenvalue weighted by Gasteiger charge is 2.28. The summed E-state index contributed by atoms with van der Waals surface area (Å²) in [4.78, 5) is 11.8. The fraction of sp³-hybridized carbons (Fsp3) is 0.467. The van der Waals surface area contributed by atoms with Crippen molar-refractivity contribution in [3.05, 3.63) is 30.0 Å². The Morgan fingerprint density at radius 1 is 1.30 bits per heavy atom. The molecule has 1 aliphatic rings. The molecule has 1 fully saturated rings. The van der Waals surface area contributed by atoms with E-state index in [1.54, 1.807) is 0 Å². The summed E-state index contributed by atoms with van der Waals surface area (Å²) in [7, 11) is 0. The lowest BCUT2D eigenvalue weighted by molar-refractivity contribution is 0.0376. The Morgan fingerprint density at radius 3 is 2.70 bits per heavy atom. The number of anilines is 1. The number of aryl methyl sites for hydroxylation is 1. The molecule has 0 saturated carbocycles. The predicted molar refractivity (Wildman–Crippen MR) is 84.6 cm³/mol. The summed E-state index contributed by atoms with van der Waals surface area (Å²) < 4.78 is 5.78. The van der Waals surface area contributed by atoms with Crippen LogP contribution in [0.2, 0.25) is 0 Å². The van der Waals surface area contributed by atoms with Gasteiger partial charge in [-0.3, -0.25) is 0 Å². The molecule has 2 heterocycles. The van der Waals surface area contributed by atoms with Crippen LogP contribution in [0.4, 0.5) is 5.82 Å². The third kappa shape index (κ3) is 2.52. The number of ether oxygens (including phenoxy) is 1. The van der Waals surface area contributed by atoms with Gasteiger partial charge in [0.15, 0.2) is 5.82 Å². The molecule has 3 rings (SSSR count). The molecule has 1 aromatic heterocycles. The van der Waals surface area contributed by atoms with Crippen LogP contribution in [-0.2, 0) is 4.74 Å². The van der Waals surface area contributed by atoms with Crippen LogP contribution in [0, 0.1) is 6.92 Å². The second kappa shape index (κ2) is 5.66. The smallest absolute Gasteiger partial charge is 0.151 e. The number of halogens is 1. The molecule has 0 radical (unpaired) electrons. The Balaban J connectivity index is 2.01. The maximum atomic E-state index is 5.78. The van der Waals surface area contributed by atoms with E-state index in [0.29, 0.717) is 6.04 Å². The monoisotopic (exact) mass is 335 g/mol. The molecule has 1 aliphatic heterocycles. The number of hydrogen-bond acceptors (Lipinski definition) is 4. The Labute approximate surface area is 127 Å². The third-order valence-electron chi connectivity index (χ3n) is 3.67. The molecule has 2 atom stereocenters. The molecule has 5 heteroatoms. The van der Waals surface area contributed by atoms with Gasteiger partial charge in [-0.2, -0.15) is 0 Å². The highest BCUT2D eigenvalue weighted by molar-refractivity contribution is 9.09. The van der Waals surface area contributed by atoms with Crippen molar-refractivity contribution in [1.82, 2.24) is 9.97 Å². The number of morpholine rings is 1. The normalized spacial score (nSPS) is 23.2. The standard InChI is InChI=1S/C15H18BrN3O/c1-10-9-20-12(7-16)8-19(10)15-11(2)17-13-5-3-4-6-14(13)18-15/h3-6,10,12H,7-9H2,1-2H3. The van der Waals surface area contributed by atoms with Crippen molar-refractivity contribution in [2.24, 2.45) is 0 Å². The van der Waals surface area contributed by atoms with Gasteiger partial charge in [0, 0.05) is 11.9 Å². The van der Waals surface area contributed by atoms with Crippen LogP contribution in [0.15, 0.2) is 24.3 Å². The van der Waals surface area contributed by atoms with Crippen molar-refractivity contribution in [2.45, 2.75) is 26.0 Å². The van der Waals surface area contributed by atoms with Crippen molar-refractivity contribution >= 4 is 32.8 Å². The minimum Gasteiger partial charge on any atom is -0.373 e. The zero-order chi connectivity index (χ0) is 14.1. The highest BCUT2D eigenvalue weighted by atomic mass is 79.9. The molecule has 2 unspecified atom stereocenters. The van der Waals surface area contributed by atoms with E-state index in [4.69, 9.17) is 9.72 Å². The van der Waals surface area contributed by atoms with Gasteiger partial charge in [-0.1, -0.05) is 28.1 Å².